The first kappa shape index (κ1) is 22.6. The number of hydrogen-bond donors (Lipinski definition) is 0. The van der Waals surface area contributed by atoms with Gasteiger partial charge in [0, 0.05) is 5.56 Å². The van der Waals surface area contributed by atoms with Gasteiger partial charge in [0.2, 0.25) is 0 Å². The zero-order valence-corrected chi connectivity index (χ0v) is 17.5. The van der Waals surface area contributed by atoms with E-state index in [0.717, 1.165) is 17.5 Å². The summed E-state index contributed by atoms with van der Waals surface area (Å²) in [5, 5.41) is 0. The van der Waals surface area contributed by atoms with Crippen molar-refractivity contribution in [3.05, 3.63) is 65.5 Å². The highest BCUT2D eigenvalue weighted by Gasteiger charge is 2.40. The summed E-state index contributed by atoms with van der Waals surface area (Å²) in [6, 6.07) is 13.2. The van der Waals surface area contributed by atoms with Crippen LogP contribution >= 0.6 is 0 Å². The number of benzene rings is 2. The number of aryl methyl sites for hydroxylation is 1. The molecular weight excluding hydrogens is 388 g/mol. The van der Waals surface area contributed by atoms with Crippen molar-refractivity contribution in [3.63, 3.8) is 0 Å². The Kier molecular flexibility index (Phi) is 7.74. The molecule has 1 fully saturated rings. The zero-order valence-electron chi connectivity index (χ0n) is 17.5. The highest BCUT2D eigenvalue weighted by molar-refractivity contribution is 5.66. The van der Waals surface area contributed by atoms with E-state index in [9.17, 15) is 17.6 Å². The number of hydrogen-bond acceptors (Lipinski definition) is 0. The lowest BCUT2D eigenvalue weighted by Crippen LogP contribution is -2.27. The standard InChI is InChI=1S/C26H30F4/c1-2-3-4-5-19-8-13-22(14-9-19)24-17-12-21(18-25(24)27)7-6-20-10-15-23(16-11-20)26(28,29)30/h6-9,12-14,17-18,20,23H,2-5,10-11,15-16H2,1H3/t20-,23-. The molecule has 0 N–H and O–H groups in total. The maximum atomic E-state index is 14.7. The molecule has 0 amide bonds. The average molecular weight is 419 g/mol. The van der Waals surface area contributed by atoms with E-state index in [0.29, 0.717) is 18.4 Å². The third kappa shape index (κ3) is 6.20. The SMILES string of the molecule is CCCCCc1ccc(-c2ccc(C=C[C@H]3CC[C@H](C(F)(F)F)CC3)cc2F)cc1. The highest BCUT2D eigenvalue weighted by Crippen LogP contribution is 2.40. The Balaban J connectivity index is 1.59. The summed E-state index contributed by atoms with van der Waals surface area (Å²) in [6.45, 7) is 2.18. The second-order valence-corrected chi connectivity index (χ2v) is 8.41. The molecule has 0 aromatic heterocycles. The minimum atomic E-state index is -4.08. The van der Waals surface area contributed by atoms with Crippen LogP contribution in [0.5, 0.6) is 0 Å². The van der Waals surface area contributed by atoms with E-state index in [1.807, 2.05) is 30.4 Å². The topological polar surface area (TPSA) is 0 Å². The molecule has 0 spiro atoms. The Labute approximate surface area is 177 Å². The lowest BCUT2D eigenvalue weighted by molar-refractivity contribution is -0.183. The summed E-state index contributed by atoms with van der Waals surface area (Å²) in [5.41, 5.74) is 3.43. The lowest BCUT2D eigenvalue weighted by Gasteiger charge is -2.28. The van der Waals surface area contributed by atoms with Gasteiger partial charge in [-0.15, -0.1) is 0 Å². The van der Waals surface area contributed by atoms with E-state index < -0.39 is 12.1 Å². The van der Waals surface area contributed by atoms with Gasteiger partial charge in [-0.2, -0.15) is 13.2 Å². The summed E-state index contributed by atoms with van der Waals surface area (Å²) in [4.78, 5) is 0. The summed E-state index contributed by atoms with van der Waals surface area (Å²) in [7, 11) is 0. The fraction of sp³-hybridized carbons (Fsp3) is 0.462. The number of alkyl halides is 3. The van der Waals surface area contributed by atoms with Crippen molar-refractivity contribution >= 4 is 6.08 Å². The van der Waals surface area contributed by atoms with E-state index in [-0.39, 0.29) is 24.6 Å². The van der Waals surface area contributed by atoms with E-state index in [2.05, 4.69) is 19.1 Å². The molecule has 1 aliphatic rings. The number of unbranched alkanes of at least 4 members (excludes halogenated alkanes) is 2. The zero-order chi connectivity index (χ0) is 21.6. The molecule has 0 bridgehead atoms. The van der Waals surface area contributed by atoms with Crippen molar-refractivity contribution in [2.24, 2.45) is 11.8 Å². The Bertz CT molecular complexity index is 825. The van der Waals surface area contributed by atoms with Crippen LogP contribution in [0, 0.1) is 17.7 Å². The van der Waals surface area contributed by atoms with Crippen LogP contribution < -0.4 is 0 Å². The molecule has 0 aliphatic heterocycles. The van der Waals surface area contributed by atoms with Gasteiger partial charge < -0.3 is 0 Å². The average Bonchev–Trinajstić information content (AvgIpc) is 2.73. The van der Waals surface area contributed by atoms with Gasteiger partial charge in [-0.25, -0.2) is 4.39 Å². The Morgan fingerprint density at radius 1 is 0.933 bits per heavy atom. The normalized spacial score (nSPS) is 20.0. The van der Waals surface area contributed by atoms with Crippen molar-refractivity contribution < 1.29 is 17.6 Å². The molecule has 4 heteroatoms. The molecule has 162 valence electrons. The van der Waals surface area contributed by atoms with Gasteiger partial charge in [-0.05, 0) is 67.2 Å². The molecule has 2 aromatic rings. The van der Waals surface area contributed by atoms with E-state index in [4.69, 9.17) is 0 Å². The van der Waals surface area contributed by atoms with E-state index in [1.54, 1.807) is 6.07 Å². The third-order valence-electron chi connectivity index (χ3n) is 6.12. The largest absolute Gasteiger partial charge is 0.391 e. The van der Waals surface area contributed by atoms with Crippen LogP contribution in [0.15, 0.2) is 48.5 Å². The van der Waals surface area contributed by atoms with Crippen LogP contribution in [-0.2, 0) is 6.42 Å². The smallest absolute Gasteiger partial charge is 0.206 e. The van der Waals surface area contributed by atoms with Gasteiger partial charge in [-0.1, -0.05) is 68.3 Å². The monoisotopic (exact) mass is 418 g/mol. The third-order valence-corrected chi connectivity index (χ3v) is 6.12. The van der Waals surface area contributed by atoms with Crippen LogP contribution in [0.2, 0.25) is 0 Å². The first-order valence-electron chi connectivity index (χ1n) is 11.0. The number of allylic oxidation sites excluding steroid dienone is 1. The van der Waals surface area contributed by atoms with Crippen molar-refractivity contribution in [1.29, 1.82) is 0 Å². The summed E-state index contributed by atoms with van der Waals surface area (Å²) < 4.78 is 53.0. The fourth-order valence-electron chi connectivity index (χ4n) is 4.19. The van der Waals surface area contributed by atoms with Gasteiger partial charge >= 0.3 is 6.18 Å². The number of halogens is 4. The minimum Gasteiger partial charge on any atom is -0.206 e. The van der Waals surface area contributed by atoms with Crippen molar-refractivity contribution in [2.75, 3.05) is 0 Å². The second-order valence-electron chi connectivity index (χ2n) is 8.41. The summed E-state index contributed by atoms with van der Waals surface area (Å²) >= 11 is 0. The molecule has 30 heavy (non-hydrogen) atoms. The molecule has 3 rings (SSSR count). The molecule has 0 radical (unpaired) electrons. The van der Waals surface area contributed by atoms with Gasteiger partial charge in [0.1, 0.15) is 5.82 Å². The van der Waals surface area contributed by atoms with E-state index >= 15 is 0 Å². The molecular formula is C26H30F4. The molecule has 0 saturated heterocycles. The first-order chi connectivity index (χ1) is 14.4. The van der Waals surface area contributed by atoms with E-state index in [1.165, 1.54) is 30.9 Å². The molecule has 0 atom stereocenters. The fourth-order valence-corrected chi connectivity index (χ4v) is 4.19. The first-order valence-corrected chi connectivity index (χ1v) is 11.0. The van der Waals surface area contributed by atoms with Crippen LogP contribution in [0.1, 0.15) is 63.0 Å². The van der Waals surface area contributed by atoms with Crippen molar-refractivity contribution in [1.82, 2.24) is 0 Å². The molecule has 0 unspecified atom stereocenters. The quantitative estimate of drug-likeness (QED) is 0.312. The molecule has 1 aliphatic carbocycles. The van der Waals surface area contributed by atoms with Gasteiger partial charge in [0.05, 0.1) is 5.92 Å². The maximum Gasteiger partial charge on any atom is 0.391 e. The lowest BCUT2D eigenvalue weighted by atomic mass is 9.81. The Morgan fingerprint density at radius 3 is 2.23 bits per heavy atom. The van der Waals surface area contributed by atoms with Crippen LogP contribution in [0.4, 0.5) is 17.6 Å². The molecule has 2 aromatic carbocycles. The summed E-state index contributed by atoms with van der Waals surface area (Å²) in [5.74, 6) is -1.32. The molecule has 0 heterocycles. The van der Waals surface area contributed by atoms with Crippen molar-refractivity contribution in [2.45, 2.75) is 64.5 Å². The van der Waals surface area contributed by atoms with Crippen LogP contribution in [0.25, 0.3) is 17.2 Å². The second kappa shape index (κ2) is 10.3. The predicted octanol–water partition coefficient (Wildman–Crippen LogP) is 8.61. The van der Waals surface area contributed by atoms with Crippen LogP contribution in [0.3, 0.4) is 0 Å². The maximum absolute atomic E-state index is 14.7. The van der Waals surface area contributed by atoms with Gasteiger partial charge in [0.15, 0.2) is 0 Å². The highest BCUT2D eigenvalue weighted by atomic mass is 19.4. The van der Waals surface area contributed by atoms with Crippen molar-refractivity contribution in [3.8, 4) is 11.1 Å². The molecule has 0 nitrogen and oxygen atoms in total. The Hall–Kier alpha value is -2.10. The summed E-state index contributed by atoms with van der Waals surface area (Å²) in [6.07, 6.45) is 5.75. The van der Waals surface area contributed by atoms with Gasteiger partial charge in [-0.3, -0.25) is 0 Å². The predicted molar refractivity (Wildman–Crippen MR) is 116 cm³/mol. The molecule has 1 saturated carbocycles. The van der Waals surface area contributed by atoms with Crippen LogP contribution in [-0.4, -0.2) is 6.18 Å². The number of rotatable bonds is 7. The minimum absolute atomic E-state index is 0.131. The van der Waals surface area contributed by atoms with Gasteiger partial charge in [0.25, 0.3) is 0 Å². The Morgan fingerprint density at radius 2 is 1.63 bits per heavy atom.